The third-order valence-electron chi connectivity index (χ3n) is 4.84. The van der Waals surface area contributed by atoms with Gasteiger partial charge in [-0.3, -0.25) is 9.69 Å². The lowest BCUT2D eigenvalue weighted by atomic mass is 9.97. The number of nitrogens with zero attached hydrogens (tertiary/aromatic N) is 2. The maximum Gasteiger partial charge on any atom is 0.236 e. The number of nitriles is 1. The molecular weight excluding hydrogens is 336 g/mol. The summed E-state index contributed by atoms with van der Waals surface area (Å²) >= 11 is 0. The van der Waals surface area contributed by atoms with E-state index in [1.807, 2.05) is 66.7 Å². The van der Waals surface area contributed by atoms with E-state index in [4.69, 9.17) is 4.74 Å². The molecule has 0 unspecified atom stereocenters. The van der Waals surface area contributed by atoms with Crippen molar-refractivity contribution in [1.82, 2.24) is 0 Å². The van der Waals surface area contributed by atoms with Crippen molar-refractivity contribution in [3.05, 3.63) is 77.9 Å². The van der Waals surface area contributed by atoms with Crippen LogP contribution in [0.5, 0.6) is 5.75 Å². The molecular formula is C23H18N2O2. The van der Waals surface area contributed by atoms with E-state index in [1.54, 1.807) is 12.0 Å². The van der Waals surface area contributed by atoms with Crippen LogP contribution in [0.3, 0.4) is 0 Å². The van der Waals surface area contributed by atoms with Crippen molar-refractivity contribution in [2.45, 2.75) is 12.8 Å². The first-order chi connectivity index (χ1) is 13.2. The van der Waals surface area contributed by atoms with Gasteiger partial charge in [-0.05, 0) is 34.9 Å². The van der Waals surface area contributed by atoms with Gasteiger partial charge in [-0.15, -0.1) is 0 Å². The number of methoxy groups -OCH3 is 1. The monoisotopic (exact) mass is 354 g/mol. The van der Waals surface area contributed by atoms with Crippen molar-refractivity contribution in [1.29, 1.82) is 5.26 Å². The van der Waals surface area contributed by atoms with Crippen LogP contribution in [0.1, 0.15) is 11.1 Å². The lowest BCUT2D eigenvalue weighted by Gasteiger charge is -2.24. The van der Waals surface area contributed by atoms with Gasteiger partial charge in [-0.2, -0.15) is 5.26 Å². The van der Waals surface area contributed by atoms with Crippen LogP contribution in [0, 0.1) is 11.3 Å². The zero-order valence-electron chi connectivity index (χ0n) is 15.0. The molecule has 4 nitrogen and oxygen atoms in total. The van der Waals surface area contributed by atoms with Crippen molar-refractivity contribution in [2.24, 2.45) is 0 Å². The normalized spacial score (nSPS) is 12.6. The van der Waals surface area contributed by atoms with E-state index in [2.05, 4.69) is 6.07 Å². The molecule has 4 heteroatoms. The Balaban J connectivity index is 1.93. The summed E-state index contributed by atoms with van der Waals surface area (Å²) in [5.74, 6) is 0.799. The van der Waals surface area contributed by atoms with E-state index in [9.17, 15) is 10.1 Å². The number of amides is 1. The Morgan fingerprint density at radius 1 is 1.04 bits per heavy atom. The standard InChI is InChI=1S/C23H18N2O2/c1-27-19-11-9-16(10-12-19)20-7-4-6-17(13-14-24)23(20)25-21-8-3-2-5-18(21)15-22(25)26/h2-12H,13,15H2,1H3. The molecule has 0 radical (unpaired) electrons. The van der Waals surface area contributed by atoms with Crippen LogP contribution in [0.4, 0.5) is 11.4 Å². The van der Waals surface area contributed by atoms with Crippen molar-refractivity contribution in [3.63, 3.8) is 0 Å². The minimum atomic E-state index is 0.0244. The molecule has 1 aliphatic rings. The fourth-order valence-corrected chi connectivity index (χ4v) is 3.59. The minimum absolute atomic E-state index is 0.0244. The molecule has 0 atom stereocenters. The van der Waals surface area contributed by atoms with Gasteiger partial charge in [0.15, 0.2) is 0 Å². The van der Waals surface area contributed by atoms with Crippen molar-refractivity contribution in [2.75, 3.05) is 12.0 Å². The molecule has 0 aromatic heterocycles. The number of carbonyl (C=O) groups excluding carboxylic acids is 1. The van der Waals surface area contributed by atoms with Gasteiger partial charge in [0.2, 0.25) is 5.91 Å². The van der Waals surface area contributed by atoms with Gasteiger partial charge in [0, 0.05) is 5.56 Å². The Bertz CT molecular complexity index is 1050. The molecule has 3 aromatic rings. The number of benzene rings is 3. The van der Waals surface area contributed by atoms with Crippen LogP contribution < -0.4 is 9.64 Å². The molecule has 0 saturated heterocycles. The third kappa shape index (κ3) is 2.94. The average Bonchev–Trinajstić information content (AvgIpc) is 3.04. The fourth-order valence-electron chi connectivity index (χ4n) is 3.59. The highest BCUT2D eigenvalue weighted by Crippen LogP contribution is 2.43. The zero-order chi connectivity index (χ0) is 18.8. The Kier molecular flexibility index (Phi) is 4.35. The zero-order valence-corrected chi connectivity index (χ0v) is 15.0. The van der Waals surface area contributed by atoms with Crippen LogP contribution in [-0.4, -0.2) is 13.0 Å². The Hall–Kier alpha value is -3.58. The molecule has 0 N–H and O–H groups in total. The number of ether oxygens (including phenoxy) is 1. The summed E-state index contributed by atoms with van der Waals surface area (Å²) in [6.45, 7) is 0. The maximum atomic E-state index is 12.9. The van der Waals surface area contributed by atoms with Crippen LogP contribution in [0.25, 0.3) is 11.1 Å². The van der Waals surface area contributed by atoms with Crippen LogP contribution in [0.2, 0.25) is 0 Å². The van der Waals surface area contributed by atoms with Gasteiger partial charge in [-0.1, -0.05) is 48.5 Å². The van der Waals surface area contributed by atoms with E-state index in [1.165, 1.54) is 0 Å². The highest BCUT2D eigenvalue weighted by molar-refractivity contribution is 6.10. The summed E-state index contributed by atoms with van der Waals surface area (Å²) in [6, 6.07) is 23.6. The van der Waals surface area contributed by atoms with Gasteiger partial charge in [0.05, 0.1) is 37.4 Å². The first kappa shape index (κ1) is 16.9. The van der Waals surface area contributed by atoms with E-state index in [-0.39, 0.29) is 12.3 Å². The summed E-state index contributed by atoms with van der Waals surface area (Å²) < 4.78 is 5.25. The highest BCUT2D eigenvalue weighted by atomic mass is 16.5. The van der Waals surface area contributed by atoms with Gasteiger partial charge in [0.25, 0.3) is 0 Å². The average molecular weight is 354 g/mol. The first-order valence-corrected chi connectivity index (χ1v) is 8.77. The molecule has 0 bridgehead atoms. The molecule has 3 aromatic carbocycles. The Labute approximate surface area is 158 Å². The summed E-state index contributed by atoms with van der Waals surface area (Å²) in [7, 11) is 1.63. The number of carbonyl (C=O) groups is 1. The van der Waals surface area contributed by atoms with Gasteiger partial charge >= 0.3 is 0 Å². The highest BCUT2D eigenvalue weighted by Gasteiger charge is 2.31. The molecule has 0 spiro atoms. The van der Waals surface area contributed by atoms with Crippen molar-refractivity contribution < 1.29 is 9.53 Å². The number of rotatable bonds is 4. The topological polar surface area (TPSA) is 53.3 Å². The van der Waals surface area contributed by atoms with Gasteiger partial charge in [-0.25, -0.2) is 0 Å². The Morgan fingerprint density at radius 2 is 1.81 bits per heavy atom. The summed E-state index contributed by atoms with van der Waals surface area (Å²) in [5.41, 5.74) is 5.44. The molecule has 1 aliphatic heterocycles. The summed E-state index contributed by atoms with van der Waals surface area (Å²) in [4.78, 5) is 14.7. The predicted molar refractivity (Wildman–Crippen MR) is 105 cm³/mol. The number of fused-ring (bicyclic) bond motifs is 1. The smallest absolute Gasteiger partial charge is 0.236 e. The second-order valence-corrected chi connectivity index (χ2v) is 6.41. The van der Waals surface area contributed by atoms with E-state index < -0.39 is 0 Å². The van der Waals surface area contributed by atoms with Crippen molar-refractivity contribution in [3.8, 4) is 22.9 Å². The lowest BCUT2D eigenvalue weighted by Crippen LogP contribution is -2.23. The second kappa shape index (κ2) is 6.97. The largest absolute Gasteiger partial charge is 0.497 e. The summed E-state index contributed by atoms with van der Waals surface area (Å²) in [5, 5.41) is 9.31. The first-order valence-electron chi connectivity index (χ1n) is 8.77. The van der Waals surface area contributed by atoms with Gasteiger partial charge in [0.1, 0.15) is 5.75 Å². The molecule has 4 rings (SSSR count). The third-order valence-corrected chi connectivity index (χ3v) is 4.84. The van der Waals surface area contributed by atoms with E-state index in [0.29, 0.717) is 6.42 Å². The molecule has 1 heterocycles. The van der Waals surface area contributed by atoms with Crippen LogP contribution in [0.15, 0.2) is 66.7 Å². The molecule has 0 fully saturated rings. The number of hydrogen-bond acceptors (Lipinski definition) is 3. The predicted octanol–water partition coefficient (Wildman–Crippen LogP) is 4.65. The van der Waals surface area contributed by atoms with E-state index in [0.717, 1.165) is 39.4 Å². The van der Waals surface area contributed by atoms with Crippen LogP contribution >= 0.6 is 0 Å². The van der Waals surface area contributed by atoms with Crippen LogP contribution in [-0.2, 0) is 17.6 Å². The quantitative estimate of drug-likeness (QED) is 0.685. The fraction of sp³-hybridized carbons (Fsp3) is 0.130. The Morgan fingerprint density at radius 3 is 2.56 bits per heavy atom. The molecule has 27 heavy (non-hydrogen) atoms. The molecule has 0 saturated carbocycles. The minimum Gasteiger partial charge on any atom is -0.497 e. The van der Waals surface area contributed by atoms with E-state index >= 15 is 0 Å². The number of anilines is 2. The molecule has 1 amide bonds. The molecule has 132 valence electrons. The second-order valence-electron chi connectivity index (χ2n) is 6.41. The summed E-state index contributed by atoms with van der Waals surface area (Å²) in [6.07, 6.45) is 0.615. The number of hydrogen-bond donors (Lipinski definition) is 0. The number of para-hydroxylation sites is 2. The SMILES string of the molecule is COc1ccc(-c2cccc(CC#N)c2N2C(=O)Cc3ccccc32)cc1. The van der Waals surface area contributed by atoms with Crippen molar-refractivity contribution >= 4 is 17.3 Å². The lowest BCUT2D eigenvalue weighted by molar-refractivity contribution is -0.116. The maximum absolute atomic E-state index is 12.9. The van der Waals surface area contributed by atoms with Gasteiger partial charge < -0.3 is 4.74 Å². The molecule has 0 aliphatic carbocycles.